The van der Waals surface area contributed by atoms with E-state index in [2.05, 4.69) is 13.8 Å². The maximum Gasteiger partial charge on any atom is 0.257 e. The predicted molar refractivity (Wildman–Crippen MR) is 111 cm³/mol. The Balaban J connectivity index is 1.59. The van der Waals surface area contributed by atoms with Crippen LogP contribution in [0.5, 0.6) is 0 Å². The van der Waals surface area contributed by atoms with Crippen LogP contribution in [0.4, 0.5) is 10.1 Å². The van der Waals surface area contributed by atoms with Crippen molar-refractivity contribution in [1.82, 2.24) is 4.90 Å². The second kappa shape index (κ2) is 8.01. The van der Waals surface area contributed by atoms with E-state index in [0.29, 0.717) is 11.6 Å². The Morgan fingerprint density at radius 3 is 2.27 bits per heavy atom. The van der Waals surface area contributed by atoms with Crippen LogP contribution in [0.3, 0.4) is 0 Å². The van der Waals surface area contributed by atoms with Gasteiger partial charge in [0, 0.05) is 12.5 Å². The van der Waals surface area contributed by atoms with Crippen molar-refractivity contribution < 1.29 is 18.8 Å². The van der Waals surface area contributed by atoms with Crippen LogP contribution in [-0.2, 0) is 20.9 Å². The van der Waals surface area contributed by atoms with Crippen LogP contribution in [0.15, 0.2) is 48.5 Å². The minimum Gasteiger partial charge on any atom is -0.326 e. The molecule has 1 unspecified atom stereocenters. The number of hydrogen-bond donors (Lipinski definition) is 0. The zero-order valence-electron chi connectivity index (χ0n) is 17.2. The van der Waals surface area contributed by atoms with Gasteiger partial charge in [-0.25, -0.2) is 9.29 Å². The van der Waals surface area contributed by atoms with E-state index >= 15 is 0 Å². The standard InChI is InChI=1S/C24H25FN2O3/c1-15(2)17-7-11-20(12-8-17)27-22(28)13-21(24(27)30)26(23(29)18-5-6-18)14-16-3-9-19(25)10-4-16/h3-4,7-12,15,18,21H,5-6,13-14H2,1-2H3. The molecule has 2 aliphatic rings. The lowest BCUT2D eigenvalue weighted by Gasteiger charge is -2.28. The van der Waals surface area contributed by atoms with Crippen molar-refractivity contribution in [3.8, 4) is 0 Å². The number of amides is 3. The molecule has 1 heterocycles. The molecule has 0 spiro atoms. The molecule has 0 bridgehead atoms. The van der Waals surface area contributed by atoms with Crippen molar-refractivity contribution in [3.63, 3.8) is 0 Å². The molecule has 2 aromatic carbocycles. The zero-order valence-corrected chi connectivity index (χ0v) is 17.2. The fourth-order valence-electron chi connectivity index (χ4n) is 3.83. The van der Waals surface area contributed by atoms with E-state index in [1.54, 1.807) is 24.3 Å². The Hall–Kier alpha value is -3.02. The number of carbonyl (C=O) groups excluding carboxylic acids is 3. The summed E-state index contributed by atoms with van der Waals surface area (Å²) in [5, 5.41) is 0. The van der Waals surface area contributed by atoms with Gasteiger partial charge in [-0.15, -0.1) is 0 Å². The smallest absolute Gasteiger partial charge is 0.257 e. The van der Waals surface area contributed by atoms with E-state index in [1.807, 2.05) is 12.1 Å². The second-order valence-corrected chi connectivity index (χ2v) is 8.40. The number of carbonyl (C=O) groups is 3. The van der Waals surface area contributed by atoms with Crippen molar-refractivity contribution in [2.75, 3.05) is 4.90 Å². The third-order valence-corrected chi connectivity index (χ3v) is 5.79. The summed E-state index contributed by atoms with van der Waals surface area (Å²) >= 11 is 0. The van der Waals surface area contributed by atoms with Crippen molar-refractivity contribution in [3.05, 3.63) is 65.5 Å². The van der Waals surface area contributed by atoms with Crippen LogP contribution < -0.4 is 4.90 Å². The number of nitrogens with zero attached hydrogens (tertiary/aromatic N) is 2. The summed E-state index contributed by atoms with van der Waals surface area (Å²) in [6.07, 6.45) is 1.56. The topological polar surface area (TPSA) is 57.7 Å². The van der Waals surface area contributed by atoms with Gasteiger partial charge in [-0.05, 0) is 54.2 Å². The SMILES string of the molecule is CC(C)c1ccc(N2C(=O)CC(N(Cc3ccc(F)cc3)C(=O)C3CC3)C2=O)cc1. The molecule has 2 fully saturated rings. The molecule has 2 aromatic rings. The van der Waals surface area contributed by atoms with Crippen molar-refractivity contribution in [2.24, 2.45) is 5.92 Å². The number of halogens is 1. The number of imide groups is 1. The Morgan fingerprint density at radius 1 is 1.07 bits per heavy atom. The van der Waals surface area contributed by atoms with Crippen LogP contribution in [0.25, 0.3) is 0 Å². The van der Waals surface area contributed by atoms with E-state index in [-0.39, 0.29) is 42.4 Å². The third kappa shape index (κ3) is 3.99. The summed E-state index contributed by atoms with van der Waals surface area (Å²) in [5.74, 6) is -0.903. The van der Waals surface area contributed by atoms with Gasteiger partial charge in [0.25, 0.3) is 5.91 Å². The molecule has 1 saturated heterocycles. The van der Waals surface area contributed by atoms with E-state index in [0.717, 1.165) is 24.0 Å². The monoisotopic (exact) mass is 408 g/mol. The Labute approximate surface area is 175 Å². The predicted octanol–water partition coefficient (Wildman–Crippen LogP) is 4.02. The minimum absolute atomic E-state index is 0.0373. The van der Waals surface area contributed by atoms with Crippen molar-refractivity contribution >= 4 is 23.4 Å². The molecule has 1 atom stereocenters. The lowest BCUT2D eigenvalue weighted by atomic mass is 10.0. The first-order valence-electron chi connectivity index (χ1n) is 10.4. The molecule has 1 saturated carbocycles. The van der Waals surface area contributed by atoms with Gasteiger partial charge in [-0.3, -0.25) is 14.4 Å². The molecule has 0 aromatic heterocycles. The maximum absolute atomic E-state index is 13.3. The largest absolute Gasteiger partial charge is 0.326 e. The molecule has 156 valence electrons. The fourth-order valence-corrected chi connectivity index (χ4v) is 3.83. The quantitative estimate of drug-likeness (QED) is 0.679. The van der Waals surface area contributed by atoms with Gasteiger partial charge in [0.2, 0.25) is 11.8 Å². The second-order valence-electron chi connectivity index (χ2n) is 8.40. The highest BCUT2D eigenvalue weighted by molar-refractivity contribution is 6.23. The first-order valence-corrected chi connectivity index (χ1v) is 10.4. The van der Waals surface area contributed by atoms with Crippen LogP contribution in [-0.4, -0.2) is 28.7 Å². The summed E-state index contributed by atoms with van der Waals surface area (Å²) in [5.41, 5.74) is 2.37. The number of hydrogen-bond acceptors (Lipinski definition) is 3. The number of benzene rings is 2. The van der Waals surface area contributed by atoms with Gasteiger partial charge < -0.3 is 4.90 Å². The van der Waals surface area contributed by atoms with E-state index in [9.17, 15) is 18.8 Å². The van der Waals surface area contributed by atoms with Gasteiger partial charge in [-0.1, -0.05) is 38.1 Å². The molecule has 1 aliphatic heterocycles. The van der Waals surface area contributed by atoms with E-state index < -0.39 is 6.04 Å². The Kier molecular flexibility index (Phi) is 5.41. The molecular weight excluding hydrogens is 383 g/mol. The summed E-state index contributed by atoms with van der Waals surface area (Å²) in [6, 6.07) is 12.4. The number of rotatable bonds is 6. The Bertz CT molecular complexity index is 965. The molecular formula is C24H25FN2O3. The highest BCUT2D eigenvalue weighted by Gasteiger charge is 2.46. The highest BCUT2D eigenvalue weighted by Crippen LogP contribution is 2.35. The summed E-state index contributed by atoms with van der Waals surface area (Å²) in [4.78, 5) is 41.6. The first kappa shape index (κ1) is 20.3. The molecule has 30 heavy (non-hydrogen) atoms. The van der Waals surface area contributed by atoms with Crippen LogP contribution in [0, 0.1) is 11.7 Å². The number of anilines is 1. The lowest BCUT2D eigenvalue weighted by Crippen LogP contribution is -2.45. The Morgan fingerprint density at radius 2 is 1.70 bits per heavy atom. The molecule has 4 rings (SSSR count). The van der Waals surface area contributed by atoms with Crippen molar-refractivity contribution in [2.45, 2.75) is 51.6 Å². The van der Waals surface area contributed by atoms with Gasteiger partial charge in [0.05, 0.1) is 12.1 Å². The molecule has 3 amide bonds. The van der Waals surface area contributed by atoms with Crippen LogP contribution in [0.2, 0.25) is 0 Å². The first-order chi connectivity index (χ1) is 14.3. The van der Waals surface area contributed by atoms with Crippen LogP contribution in [0.1, 0.15) is 50.2 Å². The zero-order chi connectivity index (χ0) is 21.4. The molecule has 1 aliphatic carbocycles. The van der Waals surface area contributed by atoms with Gasteiger partial charge in [0.15, 0.2) is 0 Å². The molecule has 0 radical (unpaired) electrons. The van der Waals surface area contributed by atoms with Crippen molar-refractivity contribution in [1.29, 1.82) is 0 Å². The average Bonchev–Trinajstić information content (AvgIpc) is 3.53. The minimum atomic E-state index is -0.833. The van der Waals surface area contributed by atoms with E-state index in [1.165, 1.54) is 21.9 Å². The summed E-state index contributed by atoms with van der Waals surface area (Å²) in [7, 11) is 0. The van der Waals surface area contributed by atoms with Gasteiger partial charge >= 0.3 is 0 Å². The summed E-state index contributed by atoms with van der Waals surface area (Å²) < 4.78 is 13.3. The molecule has 5 nitrogen and oxygen atoms in total. The fraction of sp³-hybridized carbons (Fsp3) is 0.375. The maximum atomic E-state index is 13.3. The highest BCUT2D eigenvalue weighted by atomic mass is 19.1. The lowest BCUT2D eigenvalue weighted by molar-refractivity contribution is -0.140. The van der Waals surface area contributed by atoms with Gasteiger partial charge in [0.1, 0.15) is 11.9 Å². The molecule has 0 N–H and O–H groups in total. The van der Waals surface area contributed by atoms with Gasteiger partial charge in [-0.2, -0.15) is 0 Å². The summed E-state index contributed by atoms with van der Waals surface area (Å²) in [6.45, 7) is 4.33. The third-order valence-electron chi connectivity index (χ3n) is 5.79. The molecule has 6 heteroatoms. The van der Waals surface area contributed by atoms with Crippen LogP contribution >= 0.6 is 0 Å². The average molecular weight is 408 g/mol. The van der Waals surface area contributed by atoms with E-state index in [4.69, 9.17) is 0 Å². The normalized spacial score (nSPS) is 18.9.